The van der Waals surface area contributed by atoms with Crippen LogP contribution < -0.4 is 5.32 Å². The maximum Gasteiger partial charge on any atom is 0.269 e. The summed E-state index contributed by atoms with van der Waals surface area (Å²) in [4.78, 5) is 12.4. The lowest BCUT2D eigenvalue weighted by Crippen LogP contribution is -2.40. The number of rotatable bonds is 2. The van der Waals surface area contributed by atoms with Crippen LogP contribution in [-0.2, 0) is 10.0 Å². The fourth-order valence-electron chi connectivity index (χ4n) is 2.73. The topological polar surface area (TPSA) is 66.5 Å². The third kappa shape index (κ3) is 2.04. The average molecular weight is 280 g/mol. The number of hydrogen-bond donors (Lipinski definition) is 1. The number of piperidine rings is 1. The molecular weight excluding hydrogens is 264 g/mol. The van der Waals surface area contributed by atoms with Crippen LogP contribution in [0.1, 0.15) is 23.2 Å². The summed E-state index contributed by atoms with van der Waals surface area (Å²) in [6, 6.07) is 6.42. The predicted octanol–water partition coefficient (Wildman–Crippen LogP) is 0.831. The number of carbonyl (C=O) groups excluding carboxylic acids is 1. The van der Waals surface area contributed by atoms with E-state index in [-0.39, 0.29) is 23.3 Å². The van der Waals surface area contributed by atoms with Crippen molar-refractivity contribution in [2.24, 2.45) is 5.92 Å². The van der Waals surface area contributed by atoms with E-state index in [1.165, 1.54) is 6.07 Å². The SMILES string of the molecule is O=C1c2ccccc2S(=O)(=O)N1CC1CCCNC1. The highest BCUT2D eigenvalue weighted by molar-refractivity contribution is 7.90. The minimum absolute atomic E-state index is 0.142. The quantitative estimate of drug-likeness (QED) is 0.871. The third-order valence-corrected chi connectivity index (χ3v) is 5.54. The minimum atomic E-state index is -3.64. The van der Waals surface area contributed by atoms with Gasteiger partial charge >= 0.3 is 0 Å². The molecule has 1 amide bonds. The highest BCUT2D eigenvalue weighted by Crippen LogP contribution is 2.31. The first-order valence-electron chi connectivity index (χ1n) is 6.47. The van der Waals surface area contributed by atoms with Crippen molar-refractivity contribution in [1.82, 2.24) is 9.62 Å². The highest BCUT2D eigenvalue weighted by Gasteiger charge is 2.41. The molecule has 1 saturated heterocycles. The molecule has 5 nitrogen and oxygen atoms in total. The Kier molecular flexibility index (Phi) is 3.06. The summed E-state index contributed by atoms with van der Waals surface area (Å²) in [5.41, 5.74) is 0.297. The highest BCUT2D eigenvalue weighted by atomic mass is 32.2. The third-order valence-electron chi connectivity index (χ3n) is 3.73. The molecule has 2 aliphatic rings. The smallest absolute Gasteiger partial charge is 0.269 e. The summed E-state index contributed by atoms with van der Waals surface area (Å²) in [6.07, 6.45) is 1.99. The van der Waals surface area contributed by atoms with Crippen LogP contribution in [0.4, 0.5) is 0 Å². The molecular formula is C13H16N2O3S. The van der Waals surface area contributed by atoms with Gasteiger partial charge in [0, 0.05) is 6.54 Å². The molecule has 0 saturated carbocycles. The van der Waals surface area contributed by atoms with E-state index in [0.29, 0.717) is 5.56 Å². The number of nitrogens with one attached hydrogen (secondary N) is 1. The average Bonchev–Trinajstić information content (AvgIpc) is 2.62. The van der Waals surface area contributed by atoms with Gasteiger partial charge in [0.1, 0.15) is 4.90 Å². The van der Waals surface area contributed by atoms with E-state index in [1.807, 2.05) is 0 Å². The lowest BCUT2D eigenvalue weighted by Gasteiger charge is -2.26. The lowest BCUT2D eigenvalue weighted by atomic mass is 9.99. The Labute approximate surface area is 112 Å². The Bertz CT molecular complexity index is 606. The van der Waals surface area contributed by atoms with Crippen LogP contribution in [0.2, 0.25) is 0 Å². The van der Waals surface area contributed by atoms with Gasteiger partial charge in [-0.1, -0.05) is 12.1 Å². The number of hydrogen-bond acceptors (Lipinski definition) is 4. The van der Waals surface area contributed by atoms with E-state index < -0.39 is 10.0 Å². The zero-order valence-corrected chi connectivity index (χ0v) is 11.3. The molecule has 0 spiro atoms. The number of sulfonamides is 1. The summed E-state index contributed by atoms with van der Waals surface area (Å²) in [5.74, 6) is -0.178. The lowest BCUT2D eigenvalue weighted by molar-refractivity contribution is 0.0851. The van der Waals surface area contributed by atoms with Gasteiger partial charge in [0.2, 0.25) is 0 Å². The van der Waals surface area contributed by atoms with E-state index in [4.69, 9.17) is 0 Å². The number of benzene rings is 1. The Balaban J connectivity index is 1.90. The molecule has 2 aliphatic heterocycles. The Morgan fingerprint density at radius 1 is 1.32 bits per heavy atom. The van der Waals surface area contributed by atoms with E-state index in [2.05, 4.69) is 5.32 Å². The molecule has 102 valence electrons. The minimum Gasteiger partial charge on any atom is -0.316 e. The van der Waals surface area contributed by atoms with Gasteiger partial charge in [-0.3, -0.25) is 4.79 Å². The van der Waals surface area contributed by atoms with Crippen molar-refractivity contribution in [3.63, 3.8) is 0 Å². The van der Waals surface area contributed by atoms with Gasteiger partial charge in [0.25, 0.3) is 15.9 Å². The molecule has 19 heavy (non-hydrogen) atoms. The van der Waals surface area contributed by atoms with Crippen LogP contribution in [0.25, 0.3) is 0 Å². The number of fused-ring (bicyclic) bond motifs is 1. The molecule has 0 aliphatic carbocycles. The number of carbonyl (C=O) groups is 1. The van der Waals surface area contributed by atoms with E-state index in [9.17, 15) is 13.2 Å². The van der Waals surface area contributed by atoms with Crippen molar-refractivity contribution in [1.29, 1.82) is 0 Å². The summed E-state index contributed by atoms with van der Waals surface area (Å²) in [6.45, 7) is 2.02. The van der Waals surface area contributed by atoms with Crippen molar-refractivity contribution in [3.8, 4) is 0 Å². The molecule has 1 N–H and O–H groups in total. The van der Waals surface area contributed by atoms with E-state index in [1.54, 1.807) is 18.2 Å². The van der Waals surface area contributed by atoms with Gasteiger partial charge in [-0.2, -0.15) is 0 Å². The fourth-order valence-corrected chi connectivity index (χ4v) is 4.37. The molecule has 1 aromatic carbocycles. The first-order chi connectivity index (χ1) is 9.10. The monoisotopic (exact) mass is 280 g/mol. The van der Waals surface area contributed by atoms with Gasteiger partial charge in [0.05, 0.1) is 5.56 Å². The molecule has 2 heterocycles. The van der Waals surface area contributed by atoms with Crippen molar-refractivity contribution in [3.05, 3.63) is 29.8 Å². The molecule has 6 heteroatoms. The molecule has 3 rings (SSSR count). The zero-order valence-electron chi connectivity index (χ0n) is 10.5. The first-order valence-corrected chi connectivity index (χ1v) is 7.91. The fraction of sp³-hybridized carbons (Fsp3) is 0.462. The van der Waals surface area contributed by atoms with Gasteiger partial charge < -0.3 is 5.32 Å². The molecule has 0 aromatic heterocycles. The maximum absolute atomic E-state index is 12.4. The Hall–Kier alpha value is -1.40. The Morgan fingerprint density at radius 2 is 2.11 bits per heavy atom. The van der Waals surface area contributed by atoms with Gasteiger partial charge in [-0.05, 0) is 44.0 Å². The van der Waals surface area contributed by atoms with Crippen LogP contribution in [-0.4, -0.2) is 38.3 Å². The van der Waals surface area contributed by atoms with Gasteiger partial charge in [0.15, 0.2) is 0 Å². The number of amides is 1. The van der Waals surface area contributed by atoms with Crippen molar-refractivity contribution in [2.75, 3.05) is 19.6 Å². The molecule has 1 atom stereocenters. The van der Waals surface area contributed by atoms with Crippen molar-refractivity contribution in [2.45, 2.75) is 17.7 Å². The summed E-state index contributed by atoms with van der Waals surface area (Å²) in [7, 11) is -3.64. The van der Waals surface area contributed by atoms with Crippen LogP contribution >= 0.6 is 0 Å². The summed E-state index contributed by atoms with van der Waals surface area (Å²) >= 11 is 0. The van der Waals surface area contributed by atoms with Crippen molar-refractivity contribution < 1.29 is 13.2 Å². The Morgan fingerprint density at radius 3 is 2.79 bits per heavy atom. The molecule has 0 radical (unpaired) electrons. The normalized spacial score (nSPS) is 25.4. The second kappa shape index (κ2) is 4.61. The maximum atomic E-state index is 12.4. The van der Waals surface area contributed by atoms with Crippen LogP contribution in [0, 0.1) is 5.92 Å². The first kappa shape index (κ1) is 12.6. The zero-order chi connectivity index (χ0) is 13.5. The van der Waals surface area contributed by atoms with E-state index in [0.717, 1.165) is 30.2 Å². The number of nitrogens with zero attached hydrogens (tertiary/aromatic N) is 1. The van der Waals surface area contributed by atoms with Gasteiger partial charge in [-0.15, -0.1) is 0 Å². The van der Waals surface area contributed by atoms with Crippen molar-refractivity contribution >= 4 is 15.9 Å². The van der Waals surface area contributed by atoms with E-state index >= 15 is 0 Å². The largest absolute Gasteiger partial charge is 0.316 e. The van der Waals surface area contributed by atoms with Crippen LogP contribution in [0.3, 0.4) is 0 Å². The second-order valence-electron chi connectivity index (χ2n) is 5.05. The summed E-state index contributed by atoms with van der Waals surface area (Å²) in [5, 5.41) is 3.24. The molecule has 1 fully saturated rings. The summed E-state index contributed by atoms with van der Waals surface area (Å²) < 4.78 is 25.7. The second-order valence-corrected chi connectivity index (χ2v) is 6.88. The molecule has 1 aromatic rings. The van der Waals surface area contributed by atoms with Crippen LogP contribution in [0.15, 0.2) is 29.2 Å². The molecule has 1 unspecified atom stereocenters. The predicted molar refractivity (Wildman–Crippen MR) is 70.3 cm³/mol. The van der Waals surface area contributed by atoms with Gasteiger partial charge in [-0.25, -0.2) is 12.7 Å². The molecule has 0 bridgehead atoms. The van der Waals surface area contributed by atoms with Crippen LogP contribution in [0.5, 0.6) is 0 Å². The standard InChI is InChI=1S/C13H16N2O3S/c16-13-11-5-1-2-6-12(11)19(17,18)15(13)9-10-4-3-7-14-8-10/h1-2,5-6,10,14H,3-4,7-9H2.